The molecule has 0 bridgehead atoms. The molecule has 1 unspecified atom stereocenters. The van der Waals surface area contributed by atoms with Crippen LogP contribution >= 0.6 is 0 Å². The number of hydrogen-bond donors (Lipinski definition) is 1. The Balaban J connectivity index is 2.18. The van der Waals surface area contributed by atoms with E-state index in [-0.39, 0.29) is 11.4 Å². The van der Waals surface area contributed by atoms with Gasteiger partial charge in [-0.25, -0.2) is 4.79 Å². The third kappa shape index (κ3) is 4.94. The summed E-state index contributed by atoms with van der Waals surface area (Å²) in [6.45, 7) is 8.44. The highest BCUT2D eigenvalue weighted by Gasteiger charge is 2.31. The van der Waals surface area contributed by atoms with E-state index in [0.29, 0.717) is 11.1 Å². The number of methoxy groups -OCH3 is 1. The molecule has 1 aliphatic carbocycles. The molecule has 30 heavy (non-hydrogen) atoms. The van der Waals surface area contributed by atoms with E-state index in [9.17, 15) is 19.5 Å². The molecule has 0 aromatic heterocycles. The third-order valence-electron chi connectivity index (χ3n) is 5.27. The molecule has 1 aliphatic rings. The molecule has 0 spiro atoms. The number of rotatable bonds is 7. The van der Waals surface area contributed by atoms with Crippen LogP contribution in [-0.2, 0) is 24.7 Å². The molecule has 6 nitrogen and oxygen atoms in total. The Morgan fingerprint density at radius 3 is 2.13 bits per heavy atom. The van der Waals surface area contributed by atoms with E-state index in [1.54, 1.807) is 58.9 Å². The Morgan fingerprint density at radius 2 is 1.60 bits per heavy atom. The van der Waals surface area contributed by atoms with Crippen molar-refractivity contribution < 1.29 is 29.0 Å². The van der Waals surface area contributed by atoms with Gasteiger partial charge in [-0.1, -0.05) is 48.6 Å². The number of aliphatic carboxylic acids is 1. The fourth-order valence-corrected chi connectivity index (χ4v) is 2.82. The zero-order valence-electron chi connectivity index (χ0n) is 18.2. The van der Waals surface area contributed by atoms with Gasteiger partial charge in [0, 0.05) is 12.7 Å². The molecule has 0 aliphatic heterocycles. The van der Waals surface area contributed by atoms with Crippen molar-refractivity contribution in [1.82, 2.24) is 0 Å². The van der Waals surface area contributed by atoms with Gasteiger partial charge in [0.25, 0.3) is 0 Å². The topological polar surface area (TPSA) is 89.9 Å². The van der Waals surface area contributed by atoms with Crippen molar-refractivity contribution in [2.24, 2.45) is 5.41 Å². The molecule has 0 amide bonds. The number of carboxylic acids is 1. The molecule has 1 aromatic carbocycles. The van der Waals surface area contributed by atoms with Crippen LogP contribution in [0.3, 0.4) is 0 Å². The second-order valence-electron chi connectivity index (χ2n) is 8.42. The van der Waals surface area contributed by atoms with Crippen LogP contribution in [0.5, 0.6) is 0 Å². The maximum Gasteiger partial charge on any atom is 0.338 e. The lowest BCUT2D eigenvalue weighted by Crippen LogP contribution is -2.34. The fourth-order valence-electron chi connectivity index (χ4n) is 2.82. The lowest BCUT2D eigenvalue weighted by Gasteiger charge is -2.26. The summed E-state index contributed by atoms with van der Waals surface area (Å²) < 4.78 is 10.9. The minimum absolute atomic E-state index is 0.145. The molecular weight excluding hydrogens is 384 g/mol. The van der Waals surface area contributed by atoms with Crippen molar-refractivity contribution in [3.8, 4) is 0 Å². The second kappa shape index (κ2) is 8.40. The number of esters is 1. The van der Waals surface area contributed by atoms with Gasteiger partial charge in [0.2, 0.25) is 0 Å². The summed E-state index contributed by atoms with van der Waals surface area (Å²) in [5.41, 5.74) is -1.62. The molecule has 160 valence electrons. The van der Waals surface area contributed by atoms with Crippen molar-refractivity contribution >= 4 is 17.7 Å². The molecule has 0 radical (unpaired) electrons. The number of ketones is 1. The van der Waals surface area contributed by atoms with Crippen LogP contribution in [0, 0.1) is 5.41 Å². The summed E-state index contributed by atoms with van der Waals surface area (Å²) in [5.74, 6) is -1.73. The first kappa shape index (κ1) is 23.3. The summed E-state index contributed by atoms with van der Waals surface area (Å²) in [7, 11) is 1.49. The Kier molecular flexibility index (Phi) is 6.52. The predicted octanol–water partition coefficient (Wildman–Crippen LogP) is 4.22. The third-order valence-corrected chi connectivity index (χ3v) is 5.27. The summed E-state index contributed by atoms with van der Waals surface area (Å²) >= 11 is 0. The van der Waals surface area contributed by atoms with E-state index in [1.807, 2.05) is 0 Å². The average molecular weight is 412 g/mol. The number of carbonyl (C=O) groups is 3. The molecular formula is C24H28O6. The van der Waals surface area contributed by atoms with Crippen molar-refractivity contribution in [3.63, 3.8) is 0 Å². The Bertz CT molecular complexity index is 931. The van der Waals surface area contributed by atoms with E-state index >= 15 is 0 Å². The Labute approximate surface area is 176 Å². The molecule has 0 heterocycles. The van der Waals surface area contributed by atoms with Gasteiger partial charge in [0.15, 0.2) is 5.78 Å². The lowest BCUT2D eigenvalue weighted by atomic mass is 9.90. The average Bonchev–Trinajstić information content (AvgIpc) is 2.90. The van der Waals surface area contributed by atoms with Gasteiger partial charge in [-0.15, -0.1) is 0 Å². The van der Waals surface area contributed by atoms with Crippen molar-refractivity contribution in [2.45, 2.75) is 45.8 Å². The quantitative estimate of drug-likeness (QED) is 0.533. The van der Waals surface area contributed by atoms with Crippen LogP contribution in [0.1, 0.15) is 50.5 Å². The zero-order valence-corrected chi connectivity index (χ0v) is 18.2. The highest BCUT2D eigenvalue weighted by atomic mass is 16.6. The minimum atomic E-state index is -1.19. The molecule has 0 fully saturated rings. The first-order valence-corrected chi connectivity index (χ1v) is 9.58. The van der Waals surface area contributed by atoms with E-state index in [0.717, 1.165) is 0 Å². The molecule has 1 atom stereocenters. The predicted molar refractivity (Wildman–Crippen MR) is 113 cm³/mol. The first-order chi connectivity index (χ1) is 13.8. The van der Waals surface area contributed by atoms with Crippen LogP contribution in [-0.4, -0.2) is 35.5 Å². The van der Waals surface area contributed by atoms with Crippen LogP contribution in [0.15, 0.2) is 60.2 Å². The van der Waals surface area contributed by atoms with Crippen molar-refractivity contribution in [1.29, 1.82) is 0 Å². The minimum Gasteiger partial charge on any atom is -0.480 e. The molecule has 1 N–H and O–H groups in total. The number of carbonyl (C=O) groups excluding carboxylic acids is 2. The van der Waals surface area contributed by atoms with Crippen LogP contribution in [0.25, 0.3) is 0 Å². The van der Waals surface area contributed by atoms with Gasteiger partial charge >= 0.3 is 11.9 Å². The first-order valence-electron chi connectivity index (χ1n) is 9.58. The molecule has 0 saturated heterocycles. The van der Waals surface area contributed by atoms with Gasteiger partial charge in [-0.2, -0.15) is 0 Å². The number of hydrogen-bond acceptors (Lipinski definition) is 5. The van der Waals surface area contributed by atoms with Crippen molar-refractivity contribution in [3.05, 3.63) is 71.3 Å². The Morgan fingerprint density at radius 1 is 1.00 bits per heavy atom. The van der Waals surface area contributed by atoms with Gasteiger partial charge in [0.1, 0.15) is 16.6 Å². The molecule has 0 saturated carbocycles. The normalized spacial score (nSPS) is 19.1. The number of allylic oxidation sites excluding steroid dienone is 2. The highest BCUT2D eigenvalue weighted by Crippen LogP contribution is 2.29. The number of Topliss-reactive ketones (excluding diaryl/α,β-unsaturated/α-hetero) is 1. The maximum absolute atomic E-state index is 12.7. The van der Waals surface area contributed by atoms with E-state index in [1.165, 1.54) is 37.5 Å². The van der Waals surface area contributed by atoms with Gasteiger partial charge in [0.05, 0.1) is 5.57 Å². The highest BCUT2D eigenvalue weighted by molar-refractivity contribution is 6.02. The number of benzene rings is 1. The van der Waals surface area contributed by atoms with E-state index < -0.39 is 28.6 Å². The molecule has 2 rings (SSSR count). The van der Waals surface area contributed by atoms with Gasteiger partial charge in [-0.05, 0) is 46.3 Å². The SMILES string of the molecule is COC(C)(C)C(=O)c1ccc(C(C)(C)OC(=O)C2=CC=CC(C)(C(=O)O)C=C2)cc1. The standard InChI is InChI=1S/C24H28O6/c1-22(2,18-11-9-16(10-12-18)19(25)23(3,4)29-6)30-20(26)17-8-7-14-24(5,15-13-17)21(27)28/h7-15H,1-6H3,(H,27,28). The summed E-state index contributed by atoms with van der Waals surface area (Å²) in [4.78, 5) is 36.6. The van der Waals surface area contributed by atoms with Crippen LogP contribution < -0.4 is 0 Å². The number of carboxylic acid groups (broad SMARTS) is 1. The number of ether oxygens (including phenoxy) is 2. The van der Waals surface area contributed by atoms with Crippen LogP contribution in [0.4, 0.5) is 0 Å². The van der Waals surface area contributed by atoms with Gasteiger partial charge < -0.3 is 14.6 Å². The molecule has 1 aromatic rings. The fraction of sp³-hybridized carbons (Fsp3) is 0.375. The summed E-state index contributed by atoms with van der Waals surface area (Å²) in [6, 6.07) is 6.84. The van der Waals surface area contributed by atoms with Gasteiger partial charge in [-0.3, -0.25) is 9.59 Å². The zero-order chi connectivity index (χ0) is 22.7. The second-order valence-corrected chi connectivity index (χ2v) is 8.42. The largest absolute Gasteiger partial charge is 0.480 e. The summed E-state index contributed by atoms with van der Waals surface area (Å²) in [6.07, 6.45) is 7.49. The molecule has 6 heteroatoms. The summed E-state index contributed by atoms with van der Waals surface area (Å²) in [5, 5.41) is 9.34. The maximum atomic E-state index is 12.7. The van der Waals surface area contributed by atoms with Crippen molar-refractivity contribution in [2.75, 3.05) is 7.11 Å². The van der Waals surface area contributed by atoms with Crippen LogP contribution in [0.2, 0.25) is 0 Å². The Hall–Kier alpha value is -2.99. The van der Waals surface area contributed by atoms with E-state index in [2.05, 4.69) is 0 Å². The lowest BCUT2D eigenvalue weighted by molar-refractivity contribution is -0.152. The smallest absolute Gasteiger partial charge is 0.338 e. The van der Waals surface area contributed by atoms with E-state index in [4.69, 9.17) is 9.47 Å². The monoisotopic (exact) mass is 412 g/mol.